The first-order valence-corrected chi connectivity index (χ1v) is 6.82. The number of likely N-dealkylation sites (N-methyl/N-ethyl adjacent to an activating group) is 1. The topological polar surface area (TPSA) is 69.8 Å². The molecular formula is C12H23N3O2S. The number of amides is 1. The third-order valence-electron chi connectivity index (χ3n) is 3.44. The summed E-state index contributed by atoms with van der Waals surface area (Å²) in [7, 11) is 1.76. The van der Waals surface area contributed by atoms with E-state index in [4.69, 9.17) is 23.1 Å². The number of thiocarbonyl (C=S) groups is 1. The summed E-state index contributed by atoms with van der Waals surface area (Å²) in [5.41, 5.74) is 5.42. The first-order valence-electron chi connectivity index (χ1n) is 6.41. The summed E-state index contributed by atoms with van der Waals surface area (Å²) in [6, 6.07) is 0.463. The Labute approximate surface area is 114 Å². The van der Waals surface area contributed by atoms with Crippen LogP contribution in [0, 0.1) is 0 Å². The van der Waals surface area contributed by atoms with Crippen LogP contribution in [0.25, 0.3) is 0 Å². The Morgan fingerprint density at radius 2 is 2.11 bits per heavy atom. The maximum atomic E-state index is 12.0. The molecular weight excluding hydrogens is 250 g/mol. The van der Waals surface area contributed by atoms with Crippen LogP contribution in [-0.2, 0) is 4.79 Å². The van der Waals surface area contributed by atoms with Gasteiger partial charge in [-0.3, -0.25) is 9.69 Å². The molecule has 1 amide bonds. The Hall–Kier alpha value is -0.720. The van der Waals surface area contributed by atoms with E-state index < -0.39 is 0 Å². The van der Waals surface area contributed by atoms with Crippen molar-refractivity contribution in [2.75, 3.05) is 33.3 Å². The first kappa shape index (κ1) is 15.3. The van der Waals surface area contributed by atoms with Crippen molar-refractivity contribution in [3.05, 3.63) is 0 Å². The minimum absolute atomic E-state index is 0.0617. The van der Waals surface area contributed by atoms with Crippen LogP contribution < -0.4 is 5.73 Å². The highest BCUT2D eigenvalue weighted by Gasteiger charge is 2.26. The minimum atomic E-state index is 0.0617. The van der Waals surface area contributed by atoms with Crippen molar-refractivity contribution >= 4 is 23.1 Å². The number of carbonyl (C=O) groups excluding carboxylic acids is 1. The average molecular weight is 273 g/mol. The zero-order valence-electron chi connectivity index (χ0n) is 11.0. The third kappa shape index (κ3) is 4.88. The molecule has 1 rings (SSSR count). The van der Waals surface area contributed by atoms with Gasteiger partial charge in [0.25, 0.3) is 0 Å². The van der Waals surface area contributed by atoms with Crippen molar-refractivity contribution in [1.82, 2.24) is 9.80 Å². The summed E-state index contributed by atoms with van der Waals surface area (Å²) >= 11 is 4.80. The van der Waals surface area contributed by atoms with Gasteiger partial charge in [0.15, 0.2) is 0 Å². The lowest BCUT2D eigenvalue weighted by Gasteiger charge is -2.37. The van der Waals surface area contributed by atoms with Gasteiger partial charge in [0.2, 0.25) is 5.91 Å². The van der Waals surface area contributed by atoms with Crippen LogP contribution in [0.2, 0.25) is 0 Å². The van der Waals surface area contributed by atoms with E-state index in [1.807, 2.05) is 0 Å². The Bertz CT molecular complexity index is 295. The van der Waals surface area contributed by atoms with Crippen LogP contribution in [0.5, 0.6) is 0 Å². The van der Waals surface area contributed by atoms with Crippen molar-refractivity contribution < 1.29 is 9.90 Å². The monoisotopic (exact) mass is 273 g/mol. The number of hydrogen-bond acceptors (Lipinski definition) is 4. The number of rotatable bonds is 8. The molecule has 0 unspecified atom stereocenters. The fourth-order valence-electron chi connectivity index (χ4n) is 1.97. The van der Waals surface area contributed by atoms with Gasteiger partial charge in [-0.25, -0.2) is 0 Å². The summed E-state index contributed by atoms with van der Waals surface area (Å²) in [5, 5.41) is 9.03. The van der Waals surface area contributed by atoms with Crippen molar-refractivity contribution in [2.24, 2.45) is 5.73 Å². The molecule has 1 aliphatic carbocycles. The Morgan fingerprint density at radius 3 is 2.56 bits per heavy atom. The lowest BCUT2D eigenvalue weighted by atomic mass is 9.91. The predicted molar refractivity (Wildman–Crippen MR) is 75.3 cm³/mol. The minimum Gasteiger partial charge on any atom is -0.395 e. The van der Waals surface area contributed by atoms with Gasteiger partial charge in [-0.2, -0.15) is 0 Å². The highest BCUT2D eigenvalue weighted by Crippen LogP contribution is 2.24. The molecule has 0 aromatic carbocycles. The SMILES string of the molecule is CN(CCC(N)=S)C(=O)CN(CCO)C1CCC1. The van der Waals surface area contributed by atoms with E-state index in [0.29, 0.717) is 37.1 Å². The molecule has 18 heavy (non-hydrogen) atoms. The number of nitrogens with zero attached hydrogens (tertiary/aromatic N) is 2. The molecule has 0 aromatic heterocycles. The summed E-state index contributed by atoms with van der Waals surface area (Å²) in [6.45, 7) is 1.60. The van der Waals surface area contributed by atoms with Gasteiger partial charge in [-0.05, 0) is 12.8 Å². The maximum Gasteiger partial charge on any atom is 0.236 e. The van der Waals surface area contributed by atoms with Crippen LogP contribution in [0.1, 0.15) is 25.7 Å². The molecule has 0 aromatic rings. The van der Waals surface area contributed by atoms with Crippen LogP contribution >= 0.6 is 12.2 Å². The number of aliphatic hydroxyl groups is 1. The van der Waals surface area contributed by atoms with Gasteiger partial charge in [0.1, 0.15) is 0 Å². The number of nitrogens with two attached hydrogens (primary N) is 1. The van der Waals surface area contributed by atoms with Crippen LogP contribution in [0.4, 0.5) is 0 Å². The predicted octanol–water partition coefficient (Wildman–Crippen LogP) is -0.0322. The molecule has 0 heterocycles. The largest absolute Gasteiger partial charge is 0.395 e. The molecule has 0 radical (unpaired) electrons. The van der Waals surface area contributed by atoms with Crippen LogP contribution in [0.3, 0.4) is 0 Å². The number of hydrogen-bond donors (Lipinski definition) is 2. The van der Waals surface area contributed by atoms with E-state index in [1.165, 1.54) is 6.42 Å². The second kappa shape index (κ2) is 7.66. The summed E-state index contributed by atoms with van der Waals surface area (Å²) in [6.07, 6.45) is 4.03. The van der Waals surface area contributed by atoms with Crippen LogP contribution in [0.15, 0.2) is 0 Å². The average Bonchev–Trinajstić information content (AvgIpc) is 2.23. The van der Waals surface area contributed by atoms with Gasteiger partial charge in [0, 0.05) is 32.6 Å². The Kier molecular flexibility index (Phi) is 6.52. The molecule has 5 nitrogen and oxygen atoms in total. The van der Waals surface area contributed by atoms with E-state index >= 15 is 0 Å². The van der Waals surface area contributed by atoms with Crippen molar-refractivity contribution in [2.45, 2.75) is 31.7 Å². The lowest BCUT2D eigenvalue weighted by molar-refractivity contribution is -0.132. The van der Waals surface area contributed by atoms with Crippen LogP contribution in [-0.4, -0.2) is 65.1 Å². The molecule has 1 fully saturated rings. The maximum absolute atomic E-state index is 12.0. The zero-order valence-corrected chi connectivity index (χ0v) is 11.8. The van der Waals surface area contributed by atoms with E-state index in [9.17, 15) is 4.79 Å². The highest BCUT2D eigenvalue weighted by atomic mass is 32.1. The molecule has 0 saturated heterocycles. The molecule has 3 N–H and O–H groups in total. The zero-order chi connectivity index (χ0) is 13.5. The van der Waals surface area contributed by atoms with Gasteiger partial charge in [-0.1, -0.05) is 18.6 Å². The fourth-order valence-corrected chi connectivity index (χ4v) is 2.06. The fraction of sp³-hybridized carbons (Fsp3) is 0.833. The number of aliphatic hydroxyl groups excluding tert-OH is 1. The van der Waals surface area contributed by atoms with Gasteiger partial charge >= 0.3 is 0 Å². The molecule has 1 aliphatic rings. The number of carbonyl (C=O) groups is 1. The summed E-state index contributed by atoms with van der Waals surface area (Å²) in [5.74, 6) is 0.0617. The van der Waals surface area contributed by atoms with Gasteiger partial charge in [0.05, 0.1) is 18.1 Å². The Balaban J connectivity index is 2.36. The molecule has 104 valence electrons. The summed E-state index contributed by atoms with van der Waals surface area (Å²) in [4.78, 5) is 16.2. The smallest absolute Gasteiger partial charge is 0.236 e. The molecule has 0 spiro atoms. The van der Waals surface area contributed by atoms with Crippen molar-refractivity contribution in [3.63, 3.8) is 0 Å². The highest BCUT2D eigenvalue weighted by molar-refractivity contribution is 7.80. The second-order valence-corrected chi connectivity index (χ2v) is 5.33. The van der Waals surface area contributed by atoms with Gasteiger partial charge < -0.3 is 15.7 Å². The lowest BCUT2D eigenvalue weighted by Crippen LogP contribution is -2.47. The second-order valence-electron chi connectivity index (χ2n) is 4.81. The normalized spacial score (nSPS) is 15.5. The first-order chi connectivity index (χ1) is 8.54. The van der Waals surface area contributed by atoms with E-state index in [-0.39, 0.29) is 12.5 Å². The van der Waals surface area contributed by atoms with Gasteiger partial charge in [-0.15, -0.1) is 0 Å². The standard InChI is InChI=1S/C12H23N3O2S/c1-14(6-5-11(13)18)12(17)9-15(7-8-16)10-3-2-4-10/h10,16H,2-9H2,1H3,(H2,13,18). The molecule has 0 atom stereocenters. The summed E-state index contributed by atoms with van der Waals surface area (Å²) < 4.78 is 0. The quantitative estimate of drug-likeness (QED) is 0.608. The third-order valence-corrected chi connectivity index (χ3v) is 3.64. The molecule has 0 bridgehead atoms. The van der Waals surface area contributed by atoms with E-state index in [2.05, 4.69) is 4.90 Å². The van der Waals surface area contributed by atoms with E-state index in [0.717, 1.165) is 12.8 Å². The Morgan fingerprint density at radius 1 is 1.44 bits per heavy atom. The molecule has 0 aliphatic heterocycles. The van der Waals surface area contributed by atoms with E-state index in [1.54, 1.807) is 11.9 Å². The van der Waals surface area contributed by atoms with Crippen molar-refractivity contribution in [1.29, 1.82) is 0 Å². The molecule has 6 heteroatoms. The van der Waals surface area contributed by atoms with Crippen molar-refractivity contribution in [3.8, 4) is 0 Å². The molecule has 1 saturated carbocycles.